The van der Waals surface area contributed by atoms with Gasteiger partial charge >= 0.3 is 18.0 Å². The number of amides is 1. The monoisotopic (exact) mass is 451 g/mol. The summed E-state index contributed by atoms with van der Waals surface area (Å²) in [6.45, 7) is 6.86. The van der Waals surface area contributed by atoms with Gasteiger partial charge in [-0.25, -0.2) is 9.59 Å². The number of carbonyl (C=O) groups excluding carboxylic acids is 2. The van der Waals surface area contributed by atoms with Gasteiger partial charge in [0.25, 0.3) is 0 Å². The Kier molecular flexibility index (Phi) is 7.31. The Balaban J connectivity index is 1.77. The van der Waals surface area contributed by atoms with Crippen molar-refractivity contribution in [3.05, 3.63) is 59.7 Å². The van der Waals surface area contributed by atoms with Crippen LogP contribution in [0.2, 0.25) is 0 Å². The van der Waals surface area contributed by atoms with E-state index in [1.165, 1.54) is 0 Å². The molecule has 1 aliphatic rings. The molecule has 0 saturated carbocycles. The number of fused-ring (bicyclic) bond motifs is 3. The predicted octanol–water partition coefficient (Wildman–Crippen LogP) is 5.22. The van der Waals surface area contributed by atoms with E-state index in [0.717, 1.165) is 22.3 Å². The van der Waals surface area contributed by atoms with Gasteiger partial charge in [0, 0.05) is 18.8 Å². The molecule has 1 amide bonds. The minimum atomic E-state index is -0.993. The van der Waals surface area contributed by atoms with Gasteiger partial charge in [-0.15, -0.1) is 0 Å². The molecule has 33 heavy (non-hydrogen) atoms. The van der Waals surface area contributed by atoms with E-state index in [4.69, 9.17) is 14.6 Å². The van der Waals surface area contributed by atoms with Crippen molar-refractivity contribution in [1.82, 2.24) is 0 Å². The van der Waals surface area contributed by atoms with Crippen molar-refractivity contribution in [2.24, 2.45) is 10.9 Å². The number of hydrogen-bond donors (Lipinski definition) is 1. The molecule has 3 rings (SSSR count). The third-order valence-electron chi connectivity index (χ3n) is 5.26. The molecular formula is C26H29NO6. The van der Waals surface area contributed by atoms with Crippen LogP contribution in [0.15, 0.2) is 53.5 Å². The zero-order valence-electron chi connectivity index (χ0n) is 19.3. The first kappa shape index (κ1) is 24.2. The average molecular weight is 452 g/mol. The molecule has 1 unspecified atom stereocenters. The number of aliphatic imine (C=N–C) groups is 1. The first-order valence-electron chi connectivity index (χ1n) is 10.9. The maximum atomic E-state index is 12.6. The fraction of sp³-hybridized carbons (Fsp3) is 0.385. The summed E-state index contributed by atoms with van der Waals surface area (Å²) in [5.74, 6) is -2.29. The summed E-state index contributed by atoms with van der Waals surface area (Å²) in [6, 6.07) is 15.9. The number of aliphatic carboxylic acids is 1. The second-order valence-electron chi connectivity index (χ2n) is 9.27. The SMILES string of the molecule is CC(CC(=O)O)CC(=NC(=O)OCC1c2ccccc2-c2ccccc21)C(=O)OC(C)(C)C. The van der Waals surface area contributed by atoms with Crippen LogP contribution >= 0.6 is 0 Å². The van der Waals surface area contributed by atoms with Crippen molar-refractivity contribution in [2.75, 3.05) is 6.61 Å². The number of esters is 1. The topological polar surface area (TPSA) is 102 Å². The summed E-state index contributed by atoms with van der Waals surface area (Å²) in [5.41, 5.74) is 3.42. The molecule has 0 saturated heterocycles. The van der Waals surface area contributed by atoms with Crippen LogP contribution in [0.4, 0.5) is 4.79 Å². The van der Waals surface area contributed by atoms with Crippen LogP contribution in [0.5, 0.6) is 0 Å². The van der Waals surface area contributed by atoms with Crippen molar-refractivity contribution in [2.45, 2.75) is 52.1 Å². The van der Waals surface area contributed by atoms with E-state index < -0.39 is 29.6 Å². The van der Waals surface area contributed by atoms with Gasteiger partial charge < -0.3 is 14.6 Å². The van der Waals surface area contributed by atoms with Gasteiger partial charge in [0.15, 0.2) is 0 Å². The molecule has 1 atom stereocenters. The van der Waals surface area contributed by atoms with E-state index >= 15 is 0 Å². The van der Waals surface area contributed by atoms with E-state index in [2.05, 4.69) is 4.99 Å². The van der Waals surface area contributed by atoms with Crippen LogP contribution in [-0.2, 0) is 19.1 Å². The van der Waals surface area contributed by atoms with Gasteiger partial charge in [0.2, 0.25) is 0 Å². The second kappa shape index (κ2) is 9.98. The Morgan fingerprint density at radius 3 is 2.03 bits per heavy atom. The van der Waals surface area contributed by atoms with E-state index in [9.17, 15) is 14.4 Å². The Morgan fingerprint density at radius 1 is 0.970 bits per heavy atom. The molecule has 1 aliphatic carbocycles. The first-order valence-corrected chi connectivity index (χ1v) is 10.9. The van der Waals surface area contributed by atoms with Gasteiger partial charge in [-0.3, -0.25) is 4.79 Å². The Hall–Kier alpha value is -3.48. The highest BCUT2D eigenvalue weighted by atomic mass is 16.6. The van der Waals surface area contributed by atoms with Crippen molar-refractivity contribution in [3.8, 4) is 11.1 Å². The minimum absolute atomic E-state index is 0.00852. The lowest BCUT2D eigenvalue weighted by molar-refractivity contribution is -0.146. The molecule has 0 fully saturated rings. The Labute approximate surface area is 193 Å². The highest BCUT2D eigenvalue weighted by molar-refractivity contribution is 6.38. The van der Waals surface area contributed by atoms with Crippen LogP contribution in [0.1, 0.15) is 57.6 Å². The quantitative estimate of drug-likeness (QED) is 0.457. The van der Waals surface area contributed by atoms with Crippen LogP contribution in [0, 0.1) is 5.92 Å². The van der Waals surface area contributed by atoms with Gasteiger partial charge in [-0.1, -0.05) is 55.5 Å². The van der Waals surface area contributed by atoms with E-state index in [0.29, 0.717) is 0 Å². The number of carboxylic acids is 1. The smallest absolute Gasteiger partial charge is 0.434 e. The minimum Gasteiger partial charge on any atom is -0.481 e. The molecular weight excluding hydrogens is 422 g/mol. The fourth-order valence-corrected chi connectivity index (χ4v) is 3.95. The normalized spacial score (nSPS) is 14.2. The lowest BCUT2D eigenvalue weighted by atomic mass is 9.98. The number of rotatable bonds is 7. The third kappa shape index (κ3) is 6.28. The summed E-state index contributed by atoms with van der Waals surface area (Å²) in [6.07, 6.45) is -1.07. The van der Waals surface area contributed by atoms with E-state index in [1.54, 1.807) is 27.7 Å². The summed E-state index contributed by atoms with van der Waals surface area (Å²) in [5, 5.41) is 9.02. The third-order valence-corrected chi connectivity index (χ3v) is 5.26. The first-order chi connectivity index (χ1) is 15.5. The average Bonchev–Trinajstić information content (AvgIpc) is 3.04. The Bertz CT molecular complexity index is 1040. The van der Waals surface area contributed by atoms with Crippen molar-refractivity contribution < 1.29 is 29.0 Å². The summed E-state index contributed by atoms with van der Waals surface area (Å²) in [4.78, 5) is 40.1. The van der Waals surface area contributed by atoms with Gasteiger partial charge in [0.1, 0.15) is 17.9 Å². The summed E-state index contributed by atoms with van der Waals surface area (Å²) < 4.78 is 10.8. The second-order valence-corrected chi connectivity index (χ2v) is 9.27. The highest BCUT2D eigenvalue weighted by Crippen LogP contribution is 2.44. The molecule has 7 heteroatoms. The largest absolute Gasteiger partial charge is 0.481 e. The maximum absolute atomic E-state index is 12.6. The maximum Gasteiger partial charge on any atom is 0.434 e. The lowest BCUT2D eigenvalue weighted by Gasteiger charge is -2.21. The number of carboxylic acid groups (broad SMARTS) is 1. The molecule has 0 bridgehead atoms. The van der Waals surface area contributed by atoms with Crippen molar-refractivity contribution in [1.29, 1.82) is 0 Å². The molecule has 2 aromatic carbocycles. The molecule has 174 valence electrons. The molecule has 0 heterocycles. The molecule has 7 nitrogen and oxygen atoms in total. The summed E-state index contributed by atoms with van der Waals surface area (Å²) >= 11 is 0. The number of nitrogens with zero attached hydrogens (tertiary/aromatic N) is 1. The number of carbonyl (C=O) groups is 3. The van der Waals surface area contributed by atoms with Gasteiger partial charge in [0.05, 0.1) is 0 Å². The Morgan fingerprint density at radius 2 is 1.52 bits per heavy atom. The van der Waals surface area contributed by atoms with Crippen LogP contribution in [0.25, 0.3) is 11.1 Å². The number of hydrogen-bond acceptors (Lipinski definition) is 5. The standard InChI is InChI=1S/C26H29NO6/c1-16(14-23(28)29)13-22(24(30)33-26(2,3)4)27-25(31)32-15-21-19-11-7-5-9-17(19)18-10-6-8-12-20(18)21/h5-12,16,21H,13-15H2,1-4H3,(H,28,29). The molecule has 0 aliphatic heterocycles. The van der Waals surface area contributed by atoms with Crippen molar-refractivity contribution >= 4 is 23.7 Å². The molecule has 1 N–H and O–H groups in total. The summed E-state index contributed by atoms with van der Waals surface area (Å²) in [7, 11) is 0. The molecule has 0 aromatic heterocycles. The van der Waals surface area contributed by atoms with Gasteiger partial charge in [-0.2, -0.15) is 4.99 Å². The molecule has 2 aromatic rings. The van der Waals surface area contributed by atoms with Gasteiger partial charge in [-0.05, 0) is 48.9 Å². The molecule has 0 radical (unpaired) electrons. The predicted molar refractivity (Wildman–Crippen MR) is 124 cm³/mol. The van der Waals surface area contributed by atoms with E-state index in [1.807, 2.05) is 48.5 Å². The van der Waals surface area contributed by atoms with Crippen LogP contribution in [-0.4, -0.2) is 41.1 Å². The molecule has 0 spiro atoms. The fourth-order valence-electron chi connectivity index (χ4n) is 3.95. The van der Waals surface area contributed by atoms with Crippen LogP contribution in [0.3, 0.4) is 0 Å². The van der Waals surface area contributed by atoms with E-state index in [-0.39, 0.29) is 31.1 Å². The number of benzene rings is 2. The zero-order chi connectivity index (χ0) is 24.2. The van der Waals surface area contributed by atoms with Crippen LogP contribution < -0.4 is 0 Å². The van der Waals surface area contributed by atoms with Crippen molar-refractivity contribution in [3.63, 3.8) is 0 Å². The zero-order valence-corrected chi connectivity index (χ0v) is 19.3. The lowest BCUT2D eigenvalue weighted by Crippen LogP contribution is -2.30. The highest BCUT2D eigenvalue weighted by Gasteiger charge is 2.30. The number of ether oxygens (including phenoxy) is 2.